The molecule has 6 nitrogen and oxygen atoms in total. The molecule has 2 aromatic rings. The molecular weight excluding hydrogens is 352 g/mol. The maximum Gasteiger partial charge on any atom is 0.260 e. The van der Waals surface area contributed by atoms with Gasteiger partial charge in [-0.05, 0) is 43.4 Å². The highest BCUT2D eigenvalue weighted by Gasteiger charge is 2.25. The van der Waals surface area contributed by atoms with Crippen LogP contribution in [0.25, 0.3) is 0 Å². The molecule has 1 aromatic heterocycles. The number of carbonyl (C=O) groups excluding carboxylic acids is 2. The van der Waals surface area contributed by atoms with Crippen LogP contribution in [0.5, 0.6) is 11.5 Å². The molecule has 1 aromatic carbocycles. The highest BCUT2D eigenvalue weighted by molar-refractivity contribution is 7.17. The SMILES string of the molecule is COc1cccc(C(=O)Nc2sc3c(c2C(N)=O)CCCCC3)c1OC. The molecule has 26 heavy (non-hydrogen) atoms. The number of primary amides is 1. The van der Waals surface area contributed by atoms with Gasteiger partial charge in [0.15, 0.2) is 11.5 Å². The Hall–Kier alpha value is -2.54. The Labute approximate surface area is 156 Å². The Morgan fingerprint density at radius 3 is 2.58 bits per heavy atom. The first-order valence-electron chi connectivity index (χ1n) is 8.53. The predicted molar refractivity (Wildman–Crippen MR) is 102 cm³/mol. The van der Waals surface area contributed by atoms with E-state index in [1.54, 1.807) is 18.2 Å². The van der Waals surface area contributed by atoms with Crippen LogP contribution in [0.2, 0.25) is 0 Å². The summed E-state index contributed by atoms with van der Waals surface area (Å²) in [5.74, 6) is -0.0413. The molecule has 2 amide bonds. The molecule has 7 heteroatoms. The topological polar surface area (TPSA) is 90.6 Å². The second-order valence-corrected chi connectivity index (χ2v) is 7.23. The predicted octanol–water partition coefficient (Wildman–Crippen LogP) is 3.39. The van der Waals surface area contributed by atoms with Gasteiger partial charge in [-0.1, -0.05) is 12.5 Å². The van der Waals surface area contributed by atoms with E-state index in [2.05, 4.69) is 5.32 Å². The van der Waals surface area contributed by atoms with Gasteiger partial charge in [0.1, 0.15) is 5.00 Å². The Bertz CT molecular complexity index is 844. The van der Waals surface area contributed by atoms with Crippen LogP contribution in [0.15, 0.2) is 18.2 Å². The standard InChI is InChI=1S/C19H22N2O4S/c1-24-13-9-6-8-12(16(13)25-2)18(23)21-19-15(17(20)22)11-7-4-3-5-10-14(11)26-19/h6,8-9H,3-5,7,10H2,1-2H3,(H2,20,22)(H,21,23). The third-order valence-corrected chi connectivity index (χ3v) is 5.75. The molecule has 0 spiro atoms. The van der Waals surface area contributed by atoms with Crippen LogP contribution in [-0.4, -0.2) is 26.0 Å². The number of carbonyl (C=O) groups is 2. The van der Waals surface area contributed by atoms with Crippen LogP contribution in [0.1, 0.15) is 50.4 Å². The van der Waals surface area contributed by atoms with E-state index in [9.17, 15) is 9.59 Å². The molecule has 0 radical (unpaired) electrons. The number of rotatable bonds is 5. The fraction of sp³-hybridized carbons (Fsp3) is 0.368. The fourth-order valence-corrected chi connectivity index (χ4v) is 4.62. The Balaban J connectivity index is 1.97. The third kappa shape index (κ3) is 3.39. The molecule has 0 bridgehead atoms. The van der Waals surface area contributed by atoms with Crippen LogP contribution in [0.4, 0.5) is 5.00 Å². The summed E-state index contributed by atoms with van der Waals surface area (Å²) in [5, 5.41) is 3.37. The second kappa shape index (κ2) is 7.78. The van der Waals surface area contributed by atoms with E-state index in [0.29, 0.717) is 27.6 Å². The average Bonchev–Trinajstić information content (AvgIpc) is 2.81. The summed E-state index contributed by atoms with van der Waals surface area (Å²) in [4.78, 5) is 26.0. The third-order valence-electron chi connectivity index (χ3n) is 4.54. The molecule has 1 heterocycles. The van der Waals surface area contributed by atoms with E-state index < -0.39 is 5.91 Å². The number of hydrogen-bond acceptors (Lipinski definition) is 5. The highest BCUT2D eigenvalue weighted by Crippen LogP contribution is 2.38. The van der Waals surface area contributed by atoms with Gasteiger partial charge in [-0.25, -0.2) is 0 Å². The lowest BCUT2D eigenvalue weighted by Crippen LogP contribution is -2.18. The van der Waals surface area contributed by atoms with Crippen molar-refractivity contribution in [3.63, 3.8) is 0 Å². The lowest BCUT2D eigenvalue weighted by Gasteiger charge is -2.12. The number of nitrogens with one attached hydrogen (secondary N) is 1. The Kier molecular flexibility index (Phi) is 5.46. The summed E-state index contributed by atoms with van der Waals surface area (Å²) < 4.78 is 10.6. The number of thiophene rings is 1. The minimum Gasteiger partial charge on any atom is -0.493 e. The maximum absolute atomic E-state index is 12.8. The second-order valence-electron chi connectivity index (χ2n) is 6.13. The first-order valence-corrected chi connectivity index (χ1v) is 9.35. The first-order chi connectivity index (χ1) is 12.6. The molecule has 0 fully saturated rings. The van der Waals surface area contributed by atoms with E-state index in [1.807, 2.05) is 0 Å². The number of anilines is 1. The van der Waals surface area contributed by atoms with Gasteiger partial charge >= 0.3 is 0 Å². The zero-order valence-corrected chi connectivity index (χ0v) is 15.7. The number of benzene rings is 1. The van der Waals surface area contributed by atoms with Crippen molar-refractivity contribution in [3.8, 4) is 11.5 Å². The Morgan fingerprint density at radius 2 is 1.88 bits per heavy atom. The van der Waals surface area contributed by atoms with Crippen molar-refractivity contribution in [3.05, 3.63) is 39.8 Å². The molecule has 0 aliphatic heterocycles. The quantitative estimate of drug-likeness (QED) is 0.785. The van der Waals surface area contributed by atoms with Crippen molar-refractivity contribution in [2.75, 3.05) is 19.5 Å². The van der Waals surface area contributed by atoms with Crippen molar-refractivity contribution in [1.29, 1.82) is 0 Å². The molecule has 0 saturated heterocycles. The van der Waals surface area contributed by atoms with Crippen molar-refractivity contribution < 1.29 is 19.1 Å². The molecule has 3 rings (SSSR count). The minimum absolute atomic E-state index is 0.339. The van der Waals surface area contributed by atoms with Gasteiger partial charge in [-0.15, -0.1) is 11.3 Å². The smallest absolute Gasteiger partial charge is 0.260 e. The number of para-hydroxylation sites is 1. The van der Waals surface area contributed by atoms with Gasteiger partial charge in [-0.3, -0.25) is 9.59 Å². The number of amides is 2. The summed E-state index contributed by atoms with van der Waals surface area (Å²) in [6.45, 7) is 0. The molecular formula is C19H22N2O4S. The summed E-state index contributed by atoms with van der Waals surface area (Å²) in [5.41, 5.74) is 7.40. The van der Waals surface area contributed by atoms with Crippen LogP contribution >= 0.6 is 11.3 Å². The van der Waals surface area contributed by atoms with Crippen LogP contribution in [0, 0.1) is 0 Å². The first kappa shape index (κ1) is 18.3. The molecule has 138 valence electrons. The van der Waals surface area contributed by atoms with E-state index in [4.69, 9.17) is 15.2 Å². The number of aryl methyl sites for hydroxylation is 1. The number of nitrogens with two attached hydrogens (primary N) is 1. The van der Waals surface area contributed by atoms with E-state index >= 15 is 0 Å². The number of hydrogen-bond donors (Lipinski definition) is 2. The summed E-state index contributed by atoms with van der Waals surface area (Å²) in [6, 6.07) is 5.09. The fourth-order valence-electron chi connectivity index (χ4n) is 3.33. The molecule has 1 aliphatic rings. The highest BCUT2D eigenvalue weighted by atomic mass is 32.1. The monoisotopic (exact) mass is 374 g/mol. The van der Waals surface area contributed by atoms with Crippen molar-refractivity contribution in [2.24, 2.45) is 5.73 Å². The van der Waals surface area contributed by atoms with Crippen LogP contribution in [0.3, 0.4) is 0 Å². The normalized spacial score (nSPS) is 13.5. The van der Waals surface area contributed by atoms with Gasteiger partial charge in [0, 0.05) is 4.88 Å². The van der Waals surface area contributed by atoms with E-state index in [-0.39, 0.29) is 5.91 Å². The number of ether oxygens (including phenoxy) is 2. The van der Waals surface area contributed by atoms with E-state index in [1.165, 1.54) is 25.6 Å². The molecule has 3 N–H and O–H groups in total. The van der Waals surface area contributed by atoms with Gasteiger partial charge < -0.3 is 20.5 Å². The lowest BCUT2D eigenvalue weighted by atomic mass is 10.0. The Morgan fingerprint density at radius 1 is 1.12 bits per heavy atom. The minimum atomic E-state index is -0.502. The van der Waals surface area contributed by atoms with Gasteiger partial charge in [0.2, 0.25) is 0 Å². The summed E-state index contributed by atoms with van der Waals surface area (Å²) in [6.07, 6.45) is 4.99. The molecule has 0 atom stereocenters. The molecule has 0 unspecified atom stereocenters. The average molecular weight is 374 g/mol. The van der Waals surface area contributed by atoms with Crippen molar-refractivity contribution in [1.82, 2.24) is 0 Å². The number of fused-ring (bicyclic) bond motifs is 1. The van der Waals surface area contributed by atoms with Crippen LogP contribution in [-0.2, 0) is 12.8 Å². The largest absolute Gasteiger partial charge is 0.493 e. The van der Waals surface area contributed by atoms with Crippen LogP contribution < -0.4 is 20.5 Å². The summed E-state index contributed by atoms with van der Waals surface area (Å²) >= 11 is 1.45. The lowest BCUT2D eigenvalue weighted by molar-refractivity contribution is 0.100. The van der Waals surface area contributed by atoms with Crippen molar-refractivity contribution in [2.45, 2.75) is 32.1 Å². The molecule has 0 saturated carbocycles. The zero-order valence-electron chi connectivity index (χ0n) is 14.9. The molecule has 1 aliphatic carbocycles. The van der Waals surface area contributed by atoms with Crippen molar-refractivity contribution >= 4 is 28.2 Å². The zero-order chi connectivity index (χ0) is 18.7. The summed E-state index contributed by atoms with van der Waals surface area (Å²) in [7, 11) is 3.00. The number of methoxy groups -OCH3 is 2. The van der Waals surface area contributed by atoms with E-state index in [0.717, 1.165) is 42.5 Å². The van der Waals surface area contributed by atoms with Gasteiger partial charge in [-0.2, -0.15) is 0 Å². The van der Waals surface area contributed by atoms with Gasteiger partial charge in [0.25, 0.3) is 11.8 Å². The maximum atomic E-state index is 12.8. The van der Waals surface area contributed by atoms with Gasteiger partial charge in [0.05, 0.1) is 25.3 Å².